The van der Waals surface area contributed by atoms with Crippen LogP contribution in [0.5, 0.6) is 5.75 Å². The predicted molar refractivity (Wildman–Crippen MR) is 150 cm³/mol. The second-order valence-corrected chi connectivity index (χ2v) is 10.2. The standard InChI is InChI=1S/C32H34F3N3O2/c1-37(2)20-17-36-31(39)27-7-4-8-30(22-27)40-29-15-18-38(19-16-29)23-26-6-3-5-25(21-26)10-9-24-11-13-28(14-12-24)32(33,34)35/h3-8,11-14,21-22,29H,15-20,23H2,1-2H3,(H,36,39). The Kier molecular flexibility index (Phi) is 9.86. The van der Waals surface area contributed by atoms with Crippen LogP contribution in [0, 0.1) is 11.8 Å². The number of hydrogen-bond acceptors (Lipinski definition) is 4. The summed E-state index contributed by atoms with van der Waals surface area (Å²) in [7, 11) is 3.93. The summed E-state index contributed by atoms with van der Waals surface area (Å²) in [4.78, 5) is 16.8. The van der Waals surface area contributed by atoms with E-state index in [0.29, 0.717) is 23.4 Å². The number of carbonyl (C=O) groups excluding carboxylic acids is 1. The van der Waals surface area contributed by atoms with Gasteiger partial charge in [0.05, 0.1) is 5.56 Å². The number of amides is 1. The van der Waals surface area contributed by atoms with Crippen LogP contribution in [-0.4, -0.2) is 62.1 Å². The lowest BCUT2D eigenvalue weighted by atomic mass is 10.1. The number of nitrogens with one attached hydrogen (secondary N) is 1. The van der Waals surface area contributed by atoms with Crippen molar-refractivity contribution >= 4 is 5.91 Å². The van der Waals surface area contributed by atoms with Crippen LogP contribution in [0.3, 0.4) is 0 Å². The van der Waals surface area contributed by atoms with Crippen LogP contribution in [0.4, 0.5) is 13.2 Å². The zero-order chi connectivity index (χ0) is 28.5. The van der Waals surface area contributed by atoms with Gasteiger partial charge < -0.3 is 15.0 Å². The lowest BCUT2D eigenvalue weighted by molar-refractivity contribution is -0.137. The summed E-state index contributed by atoms with van der Waals surface area (Å²) < 4.78 is 44.5. The second kappa shape index (κ2) is 13.5. The zero-order valence-electron chi connectivity index (χ0n) is 22.8. The minimum absolute atomic E-state index is 0.0873. The predicted octanol–water partition coefficient (Wildman–Crippen LogP) is 5.44. The third kappa shape index (κ3) is 8.87. The van der Waals surface area contributed by atoms with Crippen molar-refractivity contribution in [2.24, 2.45) is 0 Å². The van der Waals surface area contributed by atoms with E-state index in [9.17, 15) is 18.0 Å². The van der Waals surface area contributed by atoms with Gasteiger partial charge in [-0.25, -0.2) is 0 Å². The molecule has 0 aliphatic carbocycles. The first-order valence-electron chi connectivity index (χ1n) is 13.4. The van der Waals surface area contributed by atoms with E-state index in [0.717, 1.165) is 62.3 Å². The normalized spacial score (nSPS) is 14.4. The van der Waals surface area contributed by atoms with E-state index >= 15 is 0 Å². The van der Waals surface area contributed by atoms with Crippen LogP contribution in [0.15, 0.2) is 72.8 Å². The fourth-order valence-electron chi connectivity index (χ4n) is 4.48. The molecule has 1 aliphatic heterocycles. The molecule has 210 valence electrons. The molecule has 0 saturated carbocycles. The molecule has 0 aromatic heterocycles. The number of ether oxygens (including phenoxy) is 1. The van der Waals surface area contributed by atoms with Crippen molar-refractivity contribution in [3.63, 3.8) is 0 Å². The number of nitrogens with zero attached hydrogens (tertiary/aromatic N) is 2. The van der Waals surface area contributed by atoms with E-state index in [2.05, 4.69) is 28.1 Å². The molecule has 1 amide bonds. The van der Waals surface area contributed by atoms with Crippen molar-refractivity contribution in [2.45, 2.75) is 31.7 Å². The maximum atomic E-state index is 12.8. The van der Waals surface area contributed by atoms with Crippen LogP contribution in [0.1, 0.15) is 45.5 Å². The minimum Gasteiger partial charge on any atom is -0.490 e. The molecule has 40 heavy (non-hydrogen) atoms. The van der Waals surface area contributed by atoms with E-state index in [1.54, 1.807) is 12.1 Å². The third-order valence-electron chi connectivity index (χ3n) is 6.67. The van der Waals surface area contributed by atoms with Gasteiger partial charge >= 0.3 is 6.18 Å². The van der Waals surface area contributed by atoms with E-state index in [-0.39, 0.29) is 12.0 Å². The summed E-state index contributed by atoms with van der Waals surface area (Å²) >= 11 is 0. The summed E-state index contributed by atoms with van der Waals surface area (Å²) in [5.41, 5.74) is 2.40. The minimum atomic E-state index is -4.35. The number of halogens is 3. The summed E-state index contributed by atoms with van der Waals surface area (Å²) in [6.07, 6.45) is -2.50. The maximum Gasteiger partial charge on any atom is 0.416 e. The van der Waals surface area contributed by atoms with Gasteiger partial charge in [0, 0.05) is 49.4 Å². The number of likely N-dealkylation sites (N-methyl/N-ethyl adjacent to an activating group) is 1. The van der Waals surface area contributed by atoms with Crippen molar-refractivity contribution < 1.29 is 22.7 Å². The van der Waals surface area contributed by atoms with E-state index in [4.69, 9.17) is 4.74 Å². The molecular formula is C32H34F3N3O2. The lowest BCUT2D eigenvalue weighted by Crippen LogP contribution is -2.37. The monoisotopic (exact) mass is 549 g/mol. The van der Waals surface area contributed by atoms with E-state index in [1.165, 1.54) is 12.1 Å². The molecule has 5 nitrogen and oxygen atoms in total. The molecular weight excluding hydrogens is 515 g/mol. The Bertz CT molecular complexity index is 1340. The summed E-state index contributed by atoms with van der Waals surface area (Å²) in [5.74, 6) is 6.61. The Hall–Kier alpha value is -3.80. The Morgan fingerprint density at radius 2 is 1.68 bits per heavy atom. The number of rotatable bonds is 8. The van der Waals surface area contributed by atoms with Gasteiger partial charge in [0.2, 0.25) is 0 Å². The SMILES string of the molecule is CN(C)CCNC(=O)c1cccc(OC2CCN(Cc3cccc(C#Cc4ccc(C(F)(F)F)cc4)c3)CC2)c1. The largest absolute Gasteiger partial charge is 0.490 e. The van der Waals surface area contributed by atoms with Crippen molar-refractivity contribution in [3.8, 4) is 17.6 Å². The van der Waals surface area contributed by atoms with Gasteiger partial charge in [0.25, 0.3) is 5.91 Å². The quantitative estimate of drug-likeness (QED) is 0.380. The van der Waals surface area contributed by atoms with Gasteiger partial charge in [-0.1, -0.05) is 30.0 Å². The molecule has 1 saturated heterocycles. The number of alkyl halides is 3. The first-order chi connectivity index (χ1) is 19.2. The van der Waals surface area contributed by atoms with Gasteiger partial charge in [-0.15, -0.1) is 0 Å². The Balaban J connectivity index is 1.26. The fourth-order valence-corrected chi connectivity index (χ4v) is 4.48. The van der Waals surface area contributed by atoms with Gasteiger partial charge in [-0.2, -0.15) is 13.2 Å². The summed E-state index contributed by atoms with van der Waals surface area (Å²) in [6.45, 7) is 3.92. The van der Waals surface area contributed by atoms with Gasteiger partial charge in [0.1, 0.15) is 11.9 Å². The molecule has 3 aromatic rings. The highest BCUT2D eigenvalue weighted by molar-refractivity contribution is 5.94. The Morgan fingerprint density at radius 3 is 2.38 bits per heavy atom. The number of carbonyl (C=O) groups is 1. The van der Waals surface area contributed by atoms with Crippen LogP contribution < -0.4 is 10.1 Å². The molecule has 1 fully saturated rings. The highest BCUT2D eigenvalue weighted by atomic mass is 19.4. The van der Waals surface area contributed by atoms with Crippen LogP contribution in [0.25, 0.3) is 0 Å². The molecule has 0 radical (unpaired) electrons. The van der Waals surface area contributed by atoms with Gasteiger partial charge in [-0.05, 0) is 87.1 Å². The molecule has 1 heterocycles. The molecule has 0 spiro atoms. The van der Waals surface area contributed by atoms with Crippen molar-refractivity contribution in [1.82, 2.24) is 15.1 Å². The van der Waals surface area contributed by atoms with Crippen molar-refractivity contribution in [3.05, 3.63) is 101 Å². The molecule has 0 atom stereocenters. The molecule has 0 bridgehead atoms. The lowest BCUT2D eigenvalue weighted by Gasteiger charge is -2.32. The molecule has 4 rings (SSSR count). The molecule has 8 heteroatoms. The fraction of sp³-hybridized carbons (Fsp3) is 0.344. The van der Waals surface area contributed by atoms with Crippen LogP contribution in [0.2, 0.25) is 0 Å². The summed E-state index contributed by atoms with van der Waals surface area (Å²) in [5, 5.41) is 2.93. The number of benzene rings is 3. The molecule has 0 unspecified atom stereocenters. The molecule has 1 aliphatic rings. The van der Waals surface area contributed by atoms with Gasteiger partial charge in [-0.3, -0.25) is 9.69 Å². The topological polar surface area (TPSA) is 44.8 Å². The third-order valence-corrected chi connectivity index (χ3v) is 6.67. The average molecular weight is 550 g/mol. The smallest absolute Gasteiger partial charge is 0.416 e. The van der Waals surface area contributed by atoms with E-state index < -0.39 is 11.7 Å². The first-order valence-corrected chi connectivity index (χ1v) is 13.4. The zero-order valence-corrected chi connectivity index (χ0v) is 22.8. The highest BCUT2D eigenvalue weighted by Gasteiger charge is 2.29. The number of piperidine rings is 1. The first kappa shape index (κ1) is 29.2. The average Bonchev–Trinajstić information content (AvgIpc) is 2.93. The van der Waals surface area contributed by atoms with Crippen molar-refractivity contribution in [1.29, 1.82) is 0 Å². The Morgan fingerprint density at radius 1 is 0.975 bits per heavy atom. The second-order valence-electron chi connectivity index (χ2n) is 10.2. The molecule has 3 aromatic carbocycles. The van der Waals surface area contributed by atoms with Crippen molar-refractivity contribution in [2.75, 3.05) is 40.3 Å². The van der Waals surface area contributed by atoms with Crippen LogP contribution in [-0.2, 0) is 12.7 Å². The van der Waals surface area contributed by atoms with Crippen LogP contribution >= 0.6 is 0 Å². The Labute approximate surface area is 233 Å². The maximum absolute atomic E-state index is 12.8. The summed E-state index contributed by atoms with van der Waals surface area (Å²) in [6, 6.07) is 20.1. The van der Waals surface area contributed by atoms with Gasteiger partial charge in [0.15, 0.2) is 0 Å². The molecule has 1 N–H and O–H groups in total. The van der Waals surface area contributed by atoms with E-state index in [1.807, 2.05) is 49.3 Å². The number of likely N-dealkylation sites (tertiary alicyclic amines) is 1. The number of hydrogen-bond donors (Lipinski definition) is 1. The highest BCUT2D eigenvalue weighted by Crippen LogP contribution is 2.29.